The molecule has 0 aromatic carbocycles. The van der Waals surface area contributed by atoms with Crippen molar-refractivity contribution in [3.8, 4) is 0 Å². The summed E-state index contributed by atoms with van der Waals surface area (Å²) in [5.41, 5.74) is -0.0711. The van der Waals surface area contributed by atoms with Gasteiger partial charge < -0.3 is 0 Å². The predicted octanol–water partition coefficient (Wildman–Crippen LogP) is 1.89. The molecule has 1 aliphatic rings. The van der Waals surface area contributed by atoms with Crippen molar-refractivity contribution < 1.29 is 8.42 Å². The van der Waals surface area contributed by atoms with Gasteiger partial charge in [0.1, 0.15) is 5.88 Å². The smallest absolute Gasteiger partial charge is 0.165 e. The van der Waals surface area contributed by atoms with E-state index in [1.807, 2.05) is 0 Å². The molecule has 1 heterocycles. The van der Waals surface area contributed by atoms with Crippen LogP contribution in [0, 0.1) is 5.41 Å². The summed E-state index contributed by atoms with van der Waals surface area (Å²) in [6.07, 6.45) is 0. The number of sulfone groups is 1. The van der Waals surface area contributed by atoms with E-state index in [1.165, 1.54) is 0 Å². The molecule has 0 radical (unpaired) electrons. The highest BCUT2D eigenvalue weighted by Gasteiger charge is 2.45. The minimum absolute atomic E-state index is 0.0108. The van der Waals surface area contributed by atoms with E-state index in [0.717, 1.165) is 0 Å². The molecule has 4 heteroatoms. The van der Waals surface area contributed by atoms with E-state index in [-0.39, 0.29) is 22.9 Å². The maximum absolute atomic E-state index is 11.7. The minimum Gasteiger partial charge on any atom is -0.280 e. The van der Waals surface area contributed by atoms with Crippen LogP contribution in [0.3, 0.4) is 0 Å². The minimum atomic E-state index is -2.89. The number of rotatable bonds is 0. The molecule has 0 saturated carbocycles. The lowest BCUT2D eigenvalue weighted by molar-refractivity contribution is 0.0650. The second-order valence-electron chi connectivity index (χ2n) is 6.56. The van der Waals surface area contributed by atoms with Crippen LogP contribution < -0.4 is 0 Å². The highest BCUT2D eigenvalue weighted by molar-refractivity contribution is 7.91. The van der Waals surface area contributed by atoms with Crippen LogP contribution in [0.1, 0.15) is 41.5 Å². The predicted molar refractivity (Wildman–Crippen MR) is 63.5 cm³/mol. The van der Waals surface area contributed by atoms with Gasteiger partial charge in [0.05, 0.1) is 5.75 Å². The Bertz CT molecular complexity index is 305. The molecule has 90 valence electrons. The molecule has 0 aromatic heterocycles. The first-order valence-electron chi connectivity index (χ1n) is 5.41. The Kier molecular flexibility index (Phi) is 2.99. The van der Waals surface area contributed by atoms with Gasteiger partial charge in [-0.2, -0.15) is 0 Å². The van der Waals surface area contributed by atoms with Gasteiger partial charge in [-0.15, -0.1) is 0 Å². The fourth-order valence-corrected chi connectivity index (χ4v) is 4.32. The molecule has 1 fully saturated rings. The third-order valence-corrected chi connectivity index (χ3v) is 4.48. The third kappa shape index (κ3) is 2.94. The first-order chi connectivity index (χ1) is 6.43. The molecular formula is C11H23NO2S. The zero-order valence-corrected chi connectivity index (χ0v) is 11.5. The molecule has 0 aliphatic carbocycles. The Morgan fingerprint density at radius 2 is 1.53 bits per heavy atom. The van der Waals surface area contributed by atoms with E-state index >= 15 is 0 Å². The summed E-state index contributed by atoms with van der Waals surface area (Å²) in [4.78, 5) is 2.11. The van der Waals surface area contributed by atoms with Crippen molar-refractivity contribution in [3.05, 3.63) is 0 Å². The van der Waals surface area contributed by atoms with Crippen molar-refractivity contribution in [2.45, 2.75) is 53.1 Å². The van der Waals surface area contributed by atoms with Gasteiger partial charge in [-0.1, -0.05) is 20.8 Å². The largest absolute Gasteiger partial charge is 0.280 e. The second-order valence-corrected chi connectivity index (χ2v) is 8.64. The van der Waals surface area contributed by atoms with Gasteiger partial charge in [-0.05, 0) is 26.2 Å². The summed E-state index contributed by atoms with van der Waals surface area (Å²) in [7, 11) is -2.89. The molecule has 0 bridgehead atoms. The maximum atomic E-state index is 11.7. The van der Waals surface area contributed by atoms with Crippen LogP contribution in [0.5, 0.6) is 0 Å². The van der Waals surface area contributed by atoms with Gasteiger partial charge in [-0.3, -0.25) is 4.90 Å². The van der Waals surface area contributed by atoms with E-state index in [1.54, 1.807) is 0 Å². The van der Waals surface area contributed by atoms with Gasteiger partial charge in [0.2, 0.25) is 0 Å². The summed E-state index contributed by atoms with van der Waals surface area (Å²) in [6.45, 7) is 12.6. The van der Waals surface area contributed by atoms with Crippen molar-refractivity contribution in [3.63, 3.8) is 0 Å². The van der Waals surface area contributed by atoms with Crippen molar-refractivity contribution in [2.75, 3.05) is 11.6 Å². The molecule has 1 rings (SSSR count). The fourth-order valence-electron chi connectivity index (χ4n) is 2.06. The first-order valence-corrected chi connectivity index (χ1v) is 7.23. The van der Waals surface area contributed by atoms with Crippen LogP contribution in [0.2, 0.25) is 0 Å². The molecule has 15 heavy (non-hydrogen) atoms. The molecule has 0 N–H and O–H groups in total. The quantitative estimate of drug-likeness (QED) is 0.641. The van der Waals surface area contributed by atoms with Crippen LogP contribution >= 0.6 is 0 Å². The van der Waals surface area contributed by atoms with Crippen LogP contribution in [0.15, 0.2) is 0 Å². The maximum Gasteiger partial charge on any atom is 0.165 e. The van der Waals surface area contributed by atoms with Crippen molar-refractivity contribution in [2.24, 2.45) is 5.41 Å². The highest BCUT2D eigenvalue weighted by Crippen LogP contribution is 2.35. The van der Waals surface area contributed by atoms with Gasteiger partial charge in [0.15, 0.2) is 9.84 Å². The Morgan fingerprint density at radius 1 is 1.07 bits per heavy atom. The molecule has 0 spiro atoms. The third-order valence-electron chi connectivity index (χ3n) is 2.99. The fraction of sp³-hybridized carbons (Fsp3) is 1.00. The van der Waals surface area contributed by atoms with E-state index in [9.17, 15) is 8.42 Å². The van der Waals surface area contributed by atoms with E-state index in [2.05, 4.69) is 46.4 Å². The Morgan fingerprint density at radius 3 is 1.80 bits per heavy atom. The normalized spacial score (nSPS) is 28.3. The monoisotopic (exact) mass is 233 g/mol. The Labute approximate surface area is 93.8 Å². The Balaban J connectivity index is 3.06. The van der Waals surface area contributed by atoms with Crippen LogP contribution in [0.4, 0.5) is 0 Å². The lowest BCUT2D eigenvalue weighted by Crippen LogP contribution is -2.50. The van der Waals surface area contributed by atoms with E-state index in [4.69, 9.17) is 0 Å². The van der Waals surface area contributed by atoms with E-state index in [0.29, 0.717) is 5.75 Å². The molecule has 1 saturated heterocycles. The van der Waals surface area contributed by atoms with Crippen LogP contribution in [0.25, 0.3) is 0 Å². The summed E-state index contributed by atoms with van der Waals surface area (Å²) < 4.78 is 23.4. The lowest BCUT2D eigenvalue weighted by atomic mass is 9.85. The molecule has 3 nitrogen and oxygen atoms in total. The summed E-state index contributed by atoms with van der Waals surface area (Å²) >= 11 is 0. The SMILES string of the molecule is CC(C)(C)C1CS(=O)(=O)CN1C(C)(C)C. The Hall–Kier alpha value is -0.0900. The van der Waals surface area contributed by atoms with Gasteiger partial charge in [0, 0.05) is 11.6 Å². The average Bonchev–Trinajstić information content (AvgIpc) is 2.23. The lowest BCUT2D eigenvalue weighted by Gasteiger charge is -2.41. The second kappa shape index (κ2) is 3.45. The number of nitrogens with zero attached hydrogens (tertiary/aromatic N) is 1. The zero-order chi connectivity index (χ0) is 12.1. The number of hydrogen-bond acceptors (Lipinski definition) is 3. The summed E-state index contributed by atoms with van der Waals surface area (Å²) in [5.74, 6) is 0.506. The van der Waals surface area contributed by atoms with Gasteiger partial charge in [-0.25, -0.2) is 8.42 Å². The first kappa shape index (κ1) is 13.0. The van der Waals surface area contributed by atoms with E-state index < -0.39 is 9.84 Å². The van der Waals surface area contributed by atoms with Crippen molar-refractivity contribution in [1.82, 2.24) is 4.90 Å². The van der Waals surface area contributed by atoms with Crippen molar-refractivity contribution in [1.29, 1.82) is 0 Å². The summed E-state index contributed by atoms with van der Waals surface area (Å²) in [5, 5.41) is 0. The van der Waals surface area contributed by atoms with Crippen LogP contribution in [-0.4, -0.2) is 36.5 Å². The van der Waals surface area contributed by atoms with Gasteiger partial charge >= 0.3 is 0 Å². The summed E-state index contributed by atoms with van der Waals surface area (Å²) in [6, 6.07) is 0.127. The molecule has 0 amide bonds. The highest BCUT2D eigenvalue weighted by atomic mass is 32.2. The molecule has 0 aromatic rings. The van der Waals surface area contributed by atoms with Crippen molar-refractivity contribution >= 4 is 9.84 Å². The standard InChI is InChI=1S/C11H23NO2S/c1-10(2,3)9-7-15(13,14)8-12(9)11(4,5)6/h9H,7-8H2,1-6H3. The molecule has 1 unspecified atom stereocenters. The molecule has 1 atom stereocenters. The average molecular weight is 233 g/mol. The van der Waals surface area contributed by atoms with Crippen LogP contribution in [-0.2, 0) is 9.84 Å². The zero-order valence-electron chi connectivity index (χ0n) is 10.7. The molecular weight excluding hydrogens is 210 g/mol. The number of hydrogen-bond donors (Lipinski definition) is 0. The van der Waals surface area contributed by atoms with Gasteiger partial charge in [0.25, 0.3) is 0 Å². The molecule has 1 aliphatic heterocycles. The topological polar surface area (TPSA) is 37.4 Å².